The number of benzene rings is 1. The van der Waals surface area contributed by atoms with Gasteiger partial charge in [0.1, 0.15) is 23.0 Å². The van der Waals surface area contributed by atoms with Crippen LogP contribution in [0.3, 0.4) is 0 Å². The number of ether oxygens (including phenoxy) is 1. The number of nitrogens with zero attached hydrogens (tertiary/aromatic N) is 3. The van der Waals surface area contributed by atoms with Crippen LogP contribution in [0, 0.1) is 5.92 Å². The largest absolute Gasteiger partial charge is 0.496 e. The lowest BCUT2D eigenvalue weighted by Gasteiger charge is -2.33. The highest BCUT2D eigenvalue weighted by Crippen LogP contribution is 2.34. The molecule has 0 radical (unpaired) electrons. The number of anilines is 2. The third kappa shape index (κ3) is 5.53. The maximum Gasteiger partial charge on any atom is 0.262 e. The predicted octanol–water partition coefficient (Wildman–Crippen LogP) is 4.06. The van der Waals surface area contributed by atoms with Gasteiger partial charge in [-0.2, -0.15) is 0 Å². The fourth-order valence-corrected chi connectivity index (χ4v) is 5.57. The number of aromatic amines is 1. The molecule has 0 unspecified atom stereocenters. The Morgan fingerprint density at radius 2 is 1.83 bits per heavy atom. The number of H-pyrrole nitrogens is 1. The van der Waals surface area contributed by atoms with E-state index in [4.69, 9.17) is 9.72 Å². The van der Waals surface area contributed by atoms with E-state index in [2.05, 4.69) is 31.6 Å². The molecule has 8 nitrogen and oxygen atoms in total. The zero-order valence-electron chi connectivity index (χ0n) is 21.6. The summed E-state index contributed by atoms with van der Waals surface area (Å²) in [5, 5.41) is 6.54. The van der Waals surface area contributed by atoms with Crippen molar-refractivity contribution in [3.05, 3.63) is 34.1 Å². The van der Waals surface area contributed by atoms with E-state index in [0.717, 1.165) is 55.7 Å². The average Bonchev–Trinajstić information content (AvgIpc) is 3.19. The molecule has 0 amide bonds. The zero-order valence-corrected chi connectivity index (χ0v) is 21.6. The molecule has 190 valence electrons. The first-order valence-corrected chi connectivity index (χ1v) is 13.0. The Morgan fingerprint density at radius 3 is 2.43 bits per heavy atom. The van der Waals surface area contributed by atoms with Crippen LogP contribution in [0.1, 0.15) is 56.9 Å². The molecule has 8 heteroatoms. The van der Waals surface area contributed by atoms with E-state index in [1.807, 2.05) is 26.2 Å². The first kappa shape index (κ1) is 25.2. The van der Waals surface area contributed by atoms with Gasteiger partial charge in [-0.05, 0) is 44.9 Å². The lowest BCUT2D eigenvalue weighted by Crippen LogP contribution is -2.41. The first-order valence-electron chi connectivity index (χ1n) is 13.0. The van der Waals surface area contributed by atoms with Crippen LogP contribution >= 0.6 is 0 Å². The van der Waals surface area contributed by atoms with Crippen LogP contribution < -0.4 is 25.8 Å². The molecule has 2 aromatic rings. The molecule has 2 aliphatic rings. The van der Waals surface area contributed by atoms with Crippen molar-refractivity contribution in [2.24, 2.45) is 10.9 Å². The van der Waals surface area contributed by atoms with Crippen molar-refractivity contribution >= 4 is 17.2 Å². The quantitative estimate of drug-likeness (QED) is 0.409. The number of methoxy groups -OCH3 is 1. The Kier molecular flexibility index (Phi) is 8.44. The molecule has 2 fully saturated rings. The monoisotopic (exact) mass is 480 g/mol. The van der Waals surface area contributed by atoms with Gasteiger partial charge in [0, 0.05) is 50.9 Å². The molecule has 35 heavy (non-hydrogen) atoms. The Hall–Kier alpha value is -2.87. The van der Waals surface area contributed by atoms with Crippen molar-refractivity contribution in [3.8, 4) is 17.1 Å². The standard InChI is InChI=1S/C27H40N6O2/c1-28-19-13-15-33(16-14-19)20-11-12-21(22(17-20)35-4)25-31-26(30-3)23(27(34)32-25)24(29-2)18-9-7-5-6-8-10-18/h11-12,17-19,28H,5-10,13-16H2,1-4H3,(H2,30,31,32,34). The number of hydrogen-bond donors (Lipinski definition) is 3. The van der Waals surface area contributed by atoms with Gasteiger partial charge in [0.25, 0.3) is 5.56 Å². The van der Waals surface area contributed by atoms with Gasteiger partial charge >= 0.3 is 0 Å². The minimum absolute atomic E-state index is 0.163. The van der Waals surface area contributed by atoms with Crippen molar-refractivity contribution in [3.63, 3.8) is 0 Å². The van der Waals surface area contributed by atoms with Gasteiger partial charge in [-0.1, -0.05) is 25.7 Å². The summed E-state index contributed by atoms with van der Waals surface area (Å²) in [6, 6.07) is 6.71. The van der Waals surface area contributed by atoms with E-state index in [1.165, 1.54) is 25.7 Å². The minimum Gasteiger partial charge on any atom is -0.496 e. The van der Waals surface area contributed by atoms with E-state index in [9.17, 15) is 4.79 Å². The Bertz CT molecular complexity index is 1080. The van der Waals surface area contributed by atoms with Crippen molar-refractivity contribution in [2.75, 3.05) is 51.6 Å². The van der Waals surface area contributed by atoms with Crippen LogP contribution in [-0.4, -0.2) is 63.1 Å². The second-order valence-electron chi connectivity index (χ2n) is 9.62. The molecule has 0 atom stereocenters. The average molecular weight is 481 g/mol. The van der Waals surface area contributed by atoms with Crippen LogP contribution in [-0.2, 0) is 0 Å². The van der Waals surface area contributed by atoms with Gasteiger partial charge in [-0.3, -0.25) is 9.79 Å². The number of aromatic nitrogens is 2. The normalized spacial score (nSPS) is 18.4. The number of nitrogens with one attached hydrogen (secondary N) is 3. The second-order valence-corrected chi connectivity index (χ2v) is 9.62. The molecule has 1 aliphatic heterocycles. The fraction of sp³-hybridized carbons (Fsp3) is 0.593. The molecule has 4 rings (SSSR count). The number of hydrogen-bond acceptors (Lipinski definition) is 7. The summed E-state index contributed by atoms with van der Waals surface area (Å²) < 4.78 is 5.75. The van der Waals surface area contributed by atoms with Gasteiger partial charge in [-0.15, -0.1) is 0 Å². The van der Waals surface area contributed by atoms with Crippen LogP contribution in [0.5, 0.6) is 5.75 Å². The molecule has 1 saturated heterocycles. The molecule has 2 heterocycles. The van der Waals surface area contributed by atoms with Gasteiger partial charge in [0.15, 0.2) is 0 Å². The Labute approximate surface area is 208 Å². The summed E-state index contributed by atoms with van der Waals surface area (Å²) >= 11 is 0. The summed E-state index contributed by atoms with van der Waals surface area (Å²) in [7, 11) is 7.29. The van der Waals surface area contributed by atoms with Gasteiger partial charge in [0.05, 0.1) is 18.4 Å². The van der Waals surface area contributed by atoms with E-state index in [1.54, 1.807) is 14.2 Å². The lowest BCUT2D eigenvalue weighted by atomic mass is 9.90. The molecular formula is C27H40N6O2. The second kappa shape index (κ2) is 11.7. The number of aliphatic imine (C=N–C) groups is 1. The summed E-state index contributed by atoms with van der Waals surface area (Å²) in [6.07, 6.45) is 9.23. The Morgan fingerprint density at radius 1 is 1.11 bits per heavy atom. The molecular weight excluding hydrogens is 440 g/mol. The first-order chi connectivity index (χ1) is 17.1. The summed E-state index contributed by atoms with van der Waals surface area (Å²) in [6.45, 7) is 2.00. The molecule has 1 aliphatic carbocycles. The van der Waals surface area contributed by atoms with Gasteiger partial charge in [0.2, 0.25) is 0 Å². The lowest BCUT2D eigenvalue weighted by molar-refractivity contribution is 0.415. The van der Waals surface area contributed by atoms with E-state index >= 15 is 0 Å². The molecule has 3 N–H and O–H groups in total. The van der Waals surface area contributed by atoms with Crippen LogP contribution in [0.25, 0.3) is 11.4 Å². The maximum absolute atomic E-state index is 13.4. The highest BCUT2D eigenvalue weighted by atomic mass is 16.5. The van der Waals surface area contributed by atoms with E-state index in [-0.39, 0.29) is 5.56 Å². The maximum atomic E-state index is 13.4. The van der Waals surface area contributed by atoms with Crippen molar-refractivity contribution in [1.82, 2.24) is 15.3 Å². The molecule has 1 aromatic carbocycles. The fourth-order valence-electron chi connectivity index (χ4n) is 5.57. The number of rotatable bonds is 7. The zero-order chi connectivity index (χ0) is 24.8. The topological polar surface area (TPSA) is 94.6 Å². The van der Waals surface area contributed by atoms with E-state index < -0.39 is 0 Å². The minimum atomic E-state index is -0.163. The third-order valence-corrected chi connectivity index (χ3v) is 7.60. The molecule has 0 spiro atoms. The number of piperidine rings is 1. The van der Waals surface area contributed by atoms with Crippen LogP contribution in [0.15, 0.2) is 28.0 Å². The highest BCUT2D eigenvalue weighted by Gasteiger charge is 2.26. The smallest absolute Gasteiger partial charge is 0.262 e. The molecule has 1 aromatic heterocycles. The molecule has 0 bridgehead atoms. The summed E-state index contributed by atoms with van der Waals surface area (Å²) in [5.41, 5.74) is 3.16. The van der Waals surface area contributed by atoms with Gasteiger partial charge in [-0.25, -0.2) is 4.98 Å². The van der Waals surface area contributed by atoms with Crippen molar-refractivity contribution in [1.29, 1.82) is 0 Å². The van der Waals surface area contributed by atoms with Crippen molar-refractivity contribution < 1.29 is 4.74 Å². The van der Waals surface area contributed by atoms with Gasteiger partial charge < -0.3 is 25.3 Å². The highest BCUT2D eigenvalue weighted by molar-refractivity contribution is 6.05. The van der Waals surface area contributed by atoms with Crippen molar-refractivity contribution in [2.45, 2.75) is 57.4 Å². The summed E-state index contributed by atoms with van der Waals surface area (Å²) in [5.74, 6) is 2.05. The summed E-state index contributed by atoms with van der Waals surface area (Å²) in [4.78, 5) is 28.3. The van der Waals surface area contributed by atoms with E-state index in [0.29, 0.717) is 34.9 Å². The SMILES string of the molecule is CN=C(c1c(NC)nc(-c2ccc(N3CCC(NC)CC3)cc2OC)[nH]c1=O)C1CCCCCC1. The third-order valence-electron chi connectivity index (χ3n) is 7.60. The Balaban J connectivity index is 1.66. The predicted molar refractivity (Wildman–Crippen MR) is 144 cm³/mol. The van der Waals surface area contributed by atoms with Crippen LogP contribution in [0.2, 0.25) is 0 Å². The molecule has 1 saturated carbocycles. The van der Waals surface area contributed by atoms with Crippen LogP contribution in [0.4, 0.5) is 11.5 Å².